The molecule has 1 aliphatic rings. The summed E-state index contributed by atoms with van der Waals surface area (Å²) in [6.45, 7) is 5.62. The zero-order chi connectivity index (χ0) is 16.3. The summed E-state index contributed by atoms with van der Waals surface area (Å²) in [6.07, 6.45) is -0.464. The lowest BCUT2D eigenvalue weighted by Crippen LogP contribution is -2.41. The molecule has 5 heteroatoms. The third-order valence-corrected chi connectivity index (χ3v) is 3.81. The van der Waals surface area contributed by atoms with Crippen LogP contribution in [-0.4, -0.2) is 23.9 Å². The molecular weight excluding hydrogens is 291 g/mol. The molecule has 1 fully saturated rings. The van der Waals surface area contributed by atoms with Gasteiger partial charge in [0, 0.05) is 19.2 Å². The van der Waals surface area contributed by atoms with Crippen LogP contribution in [0.5, 0.6) is 0 Å². The van der Waals surface area contributed by atoms with E-state index in [9.17, 15) is 18.0 Å². The third-order valence-electron chi connectivity index (χ3n) is 3.81. The molecule has 120 valence electrons. The highest BCUT2D eigenvalue weighted by Crippen LogP contribution is 2.29. The van der Waals surface area contributed by atoms with E-state index in [0.717, 1.165) is 18.6 Å². The number of benzene rings is 1. The molecule has 0 aromatic heterocycles. The van der Waals surface area contributed by atoms with Crippen LogP contribution in [0.1, 0.15) is 31.4 Å². The van der Waals surface area contributed by atoms with Crippen molar-refractivity contribution in [2.24, 2.45) is 11.8 Å². The van der Waals surface area contributed by atoms with Gasteiger partial charge in [0.05, 0.1) is 5.56 Å². The van der Waals surface area contributed by atoms with Crippen LogP contribution in [-0.2, 0) is 11.0 Å². The molecule has 1 heterocycles. The Morgan fingerprint density at radius 1 is 1.23 bits per heavy atom. The first-order valence-corrected chi connectivity index (χ1v) is 7.40. The summed E-state index contributed by atoms with van der Waals surface area (Å²) < 4.78 is 37.9. The monoisotopic (exact) mass is 311 g/mol. The van der Waals surface area contributed by atoms with Crippen molar-refractivity contribution in [2.75, 3.05) is 13.1 Å². The molecule has 1 amide bonds. The normalized spacial score (nSPS) is 23.0. The van der Waals surface area contributed by atoms with Crippen molar-refractivity contribution >= 4 is 12.0 Å². The highest BCUT2D eigenvalue weighted by Gasteiger charge is 2.30. The minimum atomic E-state index is -4.37. The Morgan fingerprint density at radius 3 is 2.45 bits per heavy atom. The number of hydrogen-bond acceptors (Lipinski definition) is 1. The van der Waals surface area contributed by atoms with Crippen molar-refractivity contribution in [1.82, 2.24) is 4.90 Å². The summed E-state index contributed by atoms with van der Waals surface area (Å²) >= 11 is 0. The van der Waals surface area contributed by atoms with Crippen molar-refractivity contribution in [2.45, 2.75) is 26.4 Å². The number of carbonyl (C=O) groups excluding carboxylic acids is 1. The summed E-state index contributed by atoms with van der Waals surface area (Å²) in [6, 6.07) is 4.97. The van der Waals surface area contributed by atoms with Crippen molar-refractivity contribution in [3.8, 4) is 0 Å². The number of halogens is 3. The molecule has 1 saturated heterocycles. The Kier molecular flexibility index (Phi) is 4.94. The number of alkyl halides is 3. The van der Waals surface area contributed by atoms with Gasteiger partial charge >= 0.3 is 6.18 Å². The van der Waals surface area contributed by atoms with Gasteiger partial charge in [-0.25, -0.2) is 0 Å². The van der Waals surface area contributed by atoms with Crippen molar-refractivity contribution in [1.29, 1.82) is 0 Å². The first-order chi connectivity index (χ1) is 10.3. The molecular formula is C17H20F3NO. The number of rotatable bonds is 2. The van der Waals surface area contributed by atoms with E-state index in [-0.39, 0.29) is 5.91 Å². The number of likely N-dealkylation sites (tertiary alicyclic amines) is 1. The van der Waals surface area contributed by atoms with Gasteiger partial charge < -0.3 is 4.90 Å². The molecule has 0 bridgehead atoms. The molecule has 0 spiro atoms. The Balaban J connectivity index is 2.07. The van der Waals surface area contributed by atoms with Crippen molar-refractivity contribution in [3.63, 3.8) is 0 Å². The largest absolute Gasteiger partial charge is 0.416 e. The van der Waals surface area contributed by atoms with Gasteiger partial charge in [-0.15, -0.1) is 0 Å². The highest BCUT2D eigenvalue weighted by atomic mass is 19.4. The smallest absolute Gasteiger partial charge is 0.339 e. The van der Waals surface area contributed by atoms with E-state index in [1.54, 1.807) is 11.0 Å². The summed E-state index contributed by atoms with van der Waals surface area (Å²) in [5, 5.41) is 0. The first kappa shape index (κ1) is 16.6. The lowest BCUT2D eigenvalue weighted by Gasteiger charge is -2.34. The minimum absolute atomic E-state index is 0.143. The fraction of sp³-hybridized carbons (Fsp3) is 0.471. The van der Waals surface area contributed by atoms with Gasteiger partial charge in [0.1, 0.15) is 0 Å². The van der Waals surface area contributed by atoms with Crippen LogP contribution in [0.2, 0.25) is 0 Å². The van der Waals surface area contributed by atoms with Gasteiger partial charge in [-0.2, -0.15) is 13.2 Å². The van der Waals surface area contributed by atoms with Crippen LogP contribution < -0.4 is 0 Å². The van der Waals surface area contributed by atoms with Crippen LogP contribution in [0.15, 0.2) is 30.3 Å². The van der Waals surface area contributed by atoms with Crippen molar-refractivity contribution < 1.29 is 18.0 Å². The van der Waals surface area contributed by atoms with Crippen molar-refractivity contribution in [3.05, 3.63) is 41.5 Å². The van der Waals surface area contributed by atoms with Crippen LogP contribution >= 0.6 is 0 Å². The van der Waals surface area contributed by atoms with Gasteiger partial charge in [0.15, 0.2) is 0 Å². The molecule has 0 radical (unpaired) electrons. The quantitative estimate of drug-likeness (QED) is 0.749. The van der Waals surface area contributed by atoms with Gasteiger partial charge in [-0.3, -0.25) is 4.79 Å². The molecule has 0 N–H and O–H groups in total. The maximum Gasteiger partial charge on any atom is 0.416 e. The van der Waals surface area contributed by atoms with Crippen LogP contribution in [0.4, 0.5) is 13.2 Å². The molecule has 22 heavy (non-hydrogen) atoms. The topological polar surface area (TPSA) is 20.3 Å². The molecule has 1 aromatic rings. The van der Waals surface area contributed by atoms with E-state index < -0.39 is 11.7 Å². The Hall–Kier alpha value is -1.78. The van der Waals surface area contributed by atoms with Crippen LogP contribution in [0.25, 0.3) is 6.08 Å². The fourth-order valence-electron chi connectivity index (χ4n) is 2.93. The Labute approximate surface area is 128 Å². The summed E-state index contributed by atoms with van der Waals surface area (Å²) in [7, 11) is 0. The number of nitrogens with zero attached hydrogens (tertiary/aromatic N) is 1. The Morgan fingerprint density at radius 2 is 1.86 bits per heavy atom. The summed E-state index contributed by atoms with van der Waals surface area (Å²) in [5.41, 5.74) is -0.330. The van der Waals surface area contributed by atoms with Gasteiger partial charge in [0.2, 0.25) is 5.91 Å². The number of carbonyl (C=O) groups is 1. The van der Waals surface area contributed by atoms with E-state index in [1.807, 2.05) is 0 Å². The average Bonchev–Trinajstić information content (AvgIpc) is 2.43. The van der Waals surface area contributed by atoms with E-state index in [4.69, 9.17) is 0 Å². The molecule has 0 saturated carbocycles. The lowest BCUT2D eigenvalue weighted by atomic mass is 9.92. The molecule has 1 aliphatic heterocycles. The van der Waals surface area contributed by atoms with E-state index in [0.29, 0.717) is 30.5 Å². The highest BCUT2D eigenvalue weighted by molar-refractivity contribution is 5.91. The standard InChI is InChI=1S/C17H20F3NO/c1-12-8-13(2)11-21(10-12)16(22)7-6-14-4-3-5-15(9-14)17(18,19)20/h3-7,9,12-13H,8,10-11H2,1-2H3/b7-6+. The van der Waals surface area contributed by atoms with E-state index in [2.05, 4.69) is 13.8 Å². The third kappa shape index (κ3) is 4.36. The molecule has 1 aromatic carbocycles. The van der Waals surface area contributed by atoms with Gasteiger partial charge in [-0.05, 0) is 42.0 Å². The van der Waals surface area contributed by atoms with E-state index in [1.165, 1.54) is 18.2 Å². The second kappa shape index (κ2) is 6.55. The van der Waals surface area contributed by atoms with Crippen LogP contribution in [0.3, 0.4) is 0 Å². The van der Waals surface area contributed by atoms with E-state index >= 15 is 0 Å². The average molecular weight is 311 g/mol. The fourth-order valence-corrected chi connectivity index (χ4v) is 2.93. The molecule has 2 rings (SSSR count). The van der Waals surface area contributed by atoms with Gasteiger partial charge in [-0.1, -0.05) is 26.0 Å². The predicted molar refractivity (Wildman–Crippen MR) is 80.0 cm³/mol. The maximum atomic E-state index is 12.6. The minimum Gasteiger partial charge on any atom is -0.339 e. The number of hydrogen-bond donors (Lipinski definition) is 0. The number of piperidine rings is 1. The number of amides is 1. The zero-order valence-electron chi connectivity index (χ0n) is 12.7. The first-order valence-electron chi connectivity index (χ1n) is 7.40. The second-order valence-electron chi connectivity index (χ2n) is 6.15. The van der Waals surface area contributed by atoms with Gasteiger partial charge in [0.25, 0.3) is 0 Å². The SMILES string of the molecule is CC1CC(C)CN(C(=O)/C=C/c2cccc(C(F)(F)F)c2)C1. The predicted octanol–water partition coefficient (Wildman–Crippen LogP) is 4.22. The zero-order valence-corrected chi connectivity index (χ0v) is 12.7. The molecule has 2 atom stereocenters. The Bertz CT molecular complexity index is 555. The second-order valence-corrected chi connectivity index (χ2v) is 6.15. The van der Waals surface area contributed by atoms with Crippen LogP contribution in [0, 0.1) is 11.8 Å². The maximum absolute atomic E-state index is 12.6. The molecule has 2 nitrogen and oxygen atoms in total. The summed E-state index contributed by atoms with van der Waals surface area (Å²) in [4.78, 5) is 13.9. The summed E-state index contributed by atoms with van der Waals surface area (Å²) in [5.74, 6) is 0.764. The lowest BCUT2D eigenvalue weighted by molar-refractivity contribution is -0.137. The molecule has 0 aliphatic carbocycles. The molecule has 2 unspecified atom stereocenters.